The van der Waals surface area contributed by atoms with Gasteiger partial charge in [-0.2, -0.15) is 0 Å². The van der Waals surface area contributed by atoms with Gasteiger partial charge in [-0.1, -0.05) is 39.7 Å². The molecule has 3 rings (SSSR count). The maximum absolute atomic E-state index is 13.9. The van der Waals surface area contributed by atoms with Crippen LogP contribution >= 0.6 is 0 Å². The number of hydrogen-bond acceptors (Lipinski definition) is 5. The lowest BCUT2D eigenvalue weighted by atomic mass is 9.70. The van der Waals surface area contributed by atoms with E-state index in [0.29, 0.717) is 32.4 Å². The van der Waals surface area contributed by atoms with Crippen molar-refractivity contribution in [1.29, 1.82) is 0 Å². The van der Waals surface area contributed by atoms with Crippen molar-refractivity contribution in [3.63, 3.8) is 0 Å². The molecule has 3 saturated heterocycles. The van der Waals surface area contributed by atoms with Gasteiger partial charge < -0.3 is 24.7 Å². The van der Waals surface area contributed by atoms with Crippen LogP contribution in [0.25, 0.3) is 0 Å². The van der Waals surface area contributed by atoms with E-state index in [1.54, 1.807) is 11.0 Å². The van der Waals surface area contributed by atoms with Crippen LogP contribution in [0.5, 0.6) is 0 Å². The molecule has 174 valence electrons. The average Bonchev–Trinajstić information content (AvgIpc) is 3.39. The largest absolute Gasteiger partial charge is 0.481 e. The van der Waals surface area contributed by atoms with E-state index in [2.05, 4.69) is 6.58 Å². The van der Waals surface area contributed by atoms with Crippen LogP contribution in [-0.2, 0) is 19.1 Å². The maximum Gasteiger partial charge on any atom is 0.310 e. The van der Waals surface area contributed by atoms with E-state index in [1.165, 1.54) is 4.90 Å². The normalized spacial score (nSPS) is 33.3. The number of hydrogen-bond donors (Lipinski definition) is 2. The fourth-order valence-corrected chi connectivity index (χ4v) is 5.79. The molecule has 3 aliphatic heterocycles. The highest BCUT2D eigenvalue weighted by Gasteiger charge is 2.75. The quantitative estimate of drug-likeness (QED) is 0.477. The molecule has 0 aromatic carbocycles. The zero-order valence-electron chi connectivity index (χ0n) is 18.8. The summed E-state index contributed by atoms with van der Waals surface area (Å²) in [5.74, 6) is -3.58. The lowest BCUT2D eigenvalue weighted by Crippen LogP contribution is -2.59. The highest BCUT2D eigenvalue weighted by Crippen LogP contribution is 2.59. The number of aliphatic carboxylic acids is 1. The van der Waals surface area contributed by atoms with Crippen molar-refractivity contribution in [1.82, 2.24) is 9.80 Å². The Kier molecular flexibility index (Phi) is 7.11. The molecule has 2 amide bonds. The van der Waals surface area contributed by atoms with Crippen molar-refractivity contribution >= 4 is 17.8 Å². The van der Waals surface area contributed by atoms with Crippen molar-refractivity contribution in [3.05, 3.63) is 12.7 Å². The van der Waals surface area contributed by atoms with Crippen LogP contribution < -0.4 is 0 Å². The van der Waals surface area contributed by atoms with Gasteiger partial charge >= 0.3 is 5.97 Å². The molecule has 3 fully saturated rings. The van der Waals surface area contributed by atoms with Gasteiger partial charge in [-0.05, 0) is 25.2 Å². The molecule has 8 heteroatoms. The van der Waals surface area contributed by atoms with Crippen LogP contribution in [0.2, 0.25) is 0 Å². The third-order valence-electron chi connectivity index (χ3n) is 7.55. The van der Waals surface area contributed by atoms with Gasteiger partial charge in [0.05, 0.1) is 30.6 Å². The zero-order valence-corrected chi connectivity index (χ0v) is 18.8. The molecule has 8 nitrogen and oxygen atoms in total. The number of fused-ring (bicyclic) bond motifs is 1. The Morgan fingerprint density at radius 1 is 1.42 bits per heavy atom. The van der Waals surface area contributed by atoms with Crippen LogP contribution in [0.15, 0.2) is 12.7 Å². The Labute approximate surface area is 184 Å². The number of carboxylic acid groups (broad SMARTS) is 1. The molecule has 0 aromatic rings. The average molecular weight is 437 g/mol. The maximum atomic E-state index is 13.9. The molecule has 0 saturated carbocycles. The second kappa shape index (κ2) is 9.28. The van der Waals surface area contributed by atoms with Gasteiger partial charge in [-0.15, -0.1) is 6.58 Å². The first-order chi connectivity index (χ1) is 14.8. The molecular formula is C23H36N2O6. The Hall–Kier alpha value is -1.93. The lowest BCUT2D eigenvalue weighted by molar-refractivity contribution is -0.154. The molecule has 0 aliphatic carbocycles. The van der Waals surface area contributed by atoms with Gasteiger partial charge in [0.1, 0.15) is 11.6 Å². The summed E-state index contributed by atoms with van der Waals surface area (Å²) >= 11 is 0. The monoisotopic (exact) mass is 436 g/mol. The van der Waals surface area contributed by atoms with Crippen LogP contribution in [0, 0.1) is 17.8 Å². The highest BCUT2D eigenvalue weighted by atomic mass is 16.5. The highest BCUT2D eigenvalue weighted by molar-refractivity contribution is 5.98. The number of carbonyl (C=O) groups excluding carboxylic acids is 2. The first-order valence-corrected chi connectivity index (χ1v) is 11.5. The van der Waals surface area contributed by atoms with Crippen LogP contribution in [-0.4, -0.2) is 81.3 Å². The van der Waals surface area contributed by atoms with E-state index in [1.807, 2.05) is 20.8 Å². The minimum Gasteiger partial charge on any atom is -0.481 e. The number of carboxylic acids is 1. The number of likely N-dealkylation sites (tertiary alicyclic amines) is 1. The summed E-state index contributed by atoms with van der Waals surface area (Å²) < 4.78 is 6.23. The minimum absolute atomic E-state index is 0.0524. The standard InChI is InChI=1S/C23H36N2O6/c1-5-8-12-24(11-6-2)21(28)19-23-10-9-16(31-23)17(22(29)30)18(23)20(27)25(19)15(13-26)14(4)7-3/h6,14-19,26H,2,5,7-13H2,1,3-4H3,(H,29,30)/t14-,15-,16-,17+,18-,19?,23?/m0/s1. The Balaban J connectivity index is 2.08. The number of carbonyl (C=O) groups is 3. The molecule has 31 heavy (non-hydrogen) atoms. The number of amides is 2. The number of ether oxygens (including phenoxy) is 1. The minimum atomic E-state index is -1.14. The van der Waals surface area contributed by atoms with Crippen molar-refractivity contribution in [2.75, 3.05) is 19.7 Å². The summed E-state index contributed by atoms with van der Waals surface area (Å²) in [6.07, 6.45) is 4.53. The molecule has 0 aromatic heterocycles. The fourth-order valence-electron chi connectivity index (χ4n) is 5.79. The second-order valence-electron chi connectivity index (χ2n) is 9.20. The first-order valence-electron chi connectivity index (χ1n) is 11.5. The van der Waals surface area contributed by atoms with Gasteiger partial charge in [0.2, 0.25) is 11.8 Å². The summed E-state index contributed by atoms with van der Waals surface area (Å²) in [4.78, 5) is 42.8. The second-order valence-corrected chi connectivity index (χ2v) is 9.20. The third-order valence-corrected chi connectivity index (χ3v) is 7.55. The van der Waals surface area contributed by atoms with Crippen LogP contribution in [0.4, 0.5) is 0 Å². The van der Waals surface area contributed by atoms with Crippen molar-refractivity contribution in [2.24, 2.45) is 17.8 Å². The van der Waals surface area contributed by atoms with E-state index in [0.717, 1.165) is 12.8 Å². The fraction of sp³-hybridized carbons (Fsp3) is 0.783. The molecule has 3 heterocycles. The number of aliphatic hydroxyl groups excluding tert-OH is 1. The molecule has 1 spiro atoms. The van der Waals surface area contributed by atoms with E-state index in [9.17, 15) is 24.6 Å². The Bertz CT molecular complexity index is 727. The van der Waals surface area contributed by atoms with E-state index < -0.39 is 41.6 Å². The topological polar surface area (TPSA) is 107 Å². The van der Waals surface area contributed by atoms with Crippen molar-refractivity contribution in [2.45, 2.75) is 76.7 Å². The zero-order chi connectivity index (χ0) is 22.9. The molecular weight excluding hydrogens is 400 g/mol. The first kappa shape index (κ1) is 23.7. The molecule has 2 unspecified atom stereocenters. The van der Waals surface area contributed by atoms with Crippen LogP contribution in [0.1, 0.15) is 52.9 Å². The van der Waals surface area contributed by atoms with Gasteiger partial charge in [-0.3, -0.25) is 14.4 Å². The summed E-state index contributed by atoms with van der Waals surface area (Å²) in [5, 5.41) is 20.1. The predicted molar refractivity (Wildman–Crippen MR) is 114 cm³/mol. The van der Waals surface area contributed by atoms with Gasteiger partial charge in [-0.25, -0.2) is 0 Å². The molecule has 3 aliphatic rings. The number of rotatable bonds is 11. The number of aliphatic hydroxyl groups is 1. The lowest BCUT2D eigenvalue weighted by Gasteiger charge is -2.41. The van der Waals surface area contributed by atoms with E-state index in [4.69, 9.17) is 4.74 Å². The Morgan fingerprint density at radius 3 is 2.68 bits per heavy atom. The summed E-state index contributed by atoms with van der Waals surface area (Å²) in [6, 6.07) is -1.50. The number of unbranched alkanes of at least 4 members (excludes halogenated alkanes) is 1. The number of nitrogens with zero attached hydrogens (tertiary/aromatic N) is 2. The third kappa shape index (κ3) is 3.67. The Morgan fingerprint density at radius 2 is 2.13 bits per heavy atom. The van der Waals surface area contributed by atoms with Gasteiger partial charge in [0.15, 0.2) is 0 Å². The molecule has 0 radical (unpaired) electrons. The summed E-state index contributed by atoms with van der Waals surface area (Å²) in [7, 11) is 0. The smallest absolute Gasteiger partial charge is 0.310 e. The van der Waals surface area contributed by atoms with Crippen molar-refractivity contribution in [3.8, 4) is 0 Å². The summed E-state index contributed by atoms with van der Waals surface area (Å²) in [5.41, 5.74) is -1.14. The summed E-state index contributed by atoms with van der Waals surface area (Å²) in [6.45, 7) is 10.3. The molecule has 7 atom stereocenters. The van der Waals surface area contributed by atoms with Gasteiger partial charge in [0, 0.05) is 13.1 Å². The molecule has 2 bridgehead atoms. The SMILES string of the molecule is C=CCN(CCCC)C(=O)C1N([C@@H](CO)[C@@H](C)CC)C(=O)[C@@H]2[C@H](C(=O)O)[C@@H]3CCC12O3. The van der Waals surface area contributed by atoms with Crippen LogP contribution in [0.3, 0.4) is 0 Å². The van der Waals surface area contributed by atoms with E-state index in [-0.39, 0.29) is 24.3 Å². The van der Waals surface area contributed by atoms with E-state index >= 15 is 0 Å². The predicted octanol–water partition coefficient (Wildman–Crippen LogP) is 1.67. The molecule has 2 N–H and O–H groups in total. The van der Waals surface area contributed by atoms with Gasteiger partial charge in [0.25, 0.3) is 0 Å². The van der Waals surface area contributed by atoms with Crippen molar-refractivity contribution < 1.29 is 29.3 Å².